The van der Waals surface area contributed by atoms with Gasteiger partial charge in [-0.3, -0.25) is 4.79 Å². The van der Waals surface area contributed by atoms with Crippen LogP contribution in [0.25, 0.3) is 0 Å². The summed E-state index contributed by atoms with van der Waals surface area (Å²) in [6.45, 7) is 9.51. The van der Waals surface area contributed by atoms with Crippen molar-refractivity contribution < 1.29 is 4.79 Å². The van der Waals surface area contributed by atoms with Crippen LogP contribution in [0.2, 0.25) is 0 Å². The molecule has 0 radical (unpaired) electrons. The summed E-state index contributed by atoms with van der Waals surface area (Å²) in [4.78, 5) is 14.1. The predicted octanol–water partition coefficient (Wildman–Crippen LogP) is 3.79. The molecule has 1 atom stereocenters. The fraction of sp³-hybridized carbons (Fsp3) is 0.688. The maximum Gasteiger partial charge on any atom is 0.228 e. The molecule has 0 aromatic carbocycles. The van der Waals surface area contributed by atoms with Crippen molar-refractivity contribution >= 4 is 5.91 Å². The molecule has 0 saturated heterocycles. The van der Waals surface area contributed by atoms with E-state index in [1.807, 2.05) is 32.6 Å². The summed E-state index contributed by atoms with van der Waals surface area (Å²) < 4.78 is 0. The molecule has 102 valence electrons. The zero-order chi connectivity index (χ0) is 13.6. The molecule has 1 rings (SSSR count). The van der Waals surface area contributed by atoms with Crippen molar-refractivity contribution in [3.05, 3.63) is 24.3 Å². The molecule has 0 aromatic rings. The van der Waals surface area contributed by atoms with Gasteiger partial charge in [-0.05, 0) is 32.1 Å². The Morgan fingerprint density at radius 3 is 2.61 bits per heavy atom. The number of carbonyl (C=O) groups excluding carboxylic acids is 1. The molecule has 0 fully saturated rings. The number of hydrogen-bond donors (Lipinski definition) is 0. The van der Waals surface area contributed by atoms with Crippen molar-refractivity contribution in [1.29, 1.82) is 0 Å². The highest BCUT2D eigenvalue weighted by Gasteiger charge is 2.25. The maximum absolute atomic E-state index is 12.2. The van der Waals surface area contributed by atoms with Gasteiger partial charge < -0.3 is 4.90 Å². The van der Waals surface area contributed by atoms with Crippen LogP contribution >= 0.6 is 0 Å². The third kappa shape index (κ3) is 4.67. The summed E-state index contributed by atoms with van der Waals surface area (Å²) in [7, 11) is 0. The van der Waals surface area contributed by atoms with Gasteiger partial charge in [0.1, 0.15) is 0 Å². The molecule has 0 saturated carbocycles. The van der Waals surface area contributed by atoms with Crippen LogP contribution in [0, 0.1) is 11.3 Å². The Hall–Kier alpha value is -1.05. The normalized spacial score (nSPS) is 20.3. The van der Waals surface area contributed by atoms with E-state index < -0.39 is 0 Å². The third-order valence-corrected chi connectivity index (χ3v) is 3.35. The van der Waals surface area contributed by atoms with Gasteiger partial charge in [0.25, 0.3) is 0 Å². The van der Waals surface area contributed by atoms with E-state index in [0.717, 1.165) is 19.5 Å². The lowest BCUT2D eigenvalue weighted by Crippen LogP contribution is -2.39. The first kappa shape index (κ1) is 15.0. The van der Waals surface area contributed by atoms with Crippen molar-refractivity contribution in [2.75, 3.05) is 13.1 Å². The molecule has 2 nitrogen and oxygen atoms in total. The molecular weight excluding hydrogens is 222 g/mol. The fourth-order valence-corrected chi connectivity index (χ4v) is 2.20. The van der Waals surface area contributed by atoms with E-state index in [2.05, 4.69) is 24.3 Å². The Labute approximate surface area is 112 Å². The molecule has 2 heteroatoms. The Balaban J connectivity index is 2.46. The Morgan fingerprint density at radius 2 is 2.11 bits per heavy atom. The lowest BCUT2D eigenvalue weighted by Gasteiger charge is -2.27. The monoisotopic (exact) mass is 249 g/mol. The van der Waals surface area contributed by atoms with Crippen molar-refractivity contribution in [1.82, 2.24) is 4.90 Å². The van der Waals surface area contributed by atoms with Crippen LogP contribution in [0.4, 0.5) is 0 Å². The van der Waals surface area contributed by atoms with Crippen molar-refractivity contribution in [2.24, 2.45) is 11.3 Å². The van der Waals surface area contributed by atoms with Crippen LogP contribution < -0.4 is 0 Å². The van der Waals surface area contributed by atoms with Crippen molar-refractivity contribution in [3.63, 3.8) is 0 Å². The van der Waals surface area contributed by atoms with Crippen LogP contribution in [0.3, 0.4) is 0 Å². The molecule has 0 aliphatic heterocycles. The minimum atomic E-state index is -0.280. The minimum absolute atomic E-state index is 0.234. The smallest absolute Gasteiger partial charge is 0.228 e. The standard InChI is InChI=1S/C16H27NO/c1-5-17(15(18)16(2,3)4)13-9-12-14-10-7-6-8-11-14/h6-7,9,12,14H,5,8,10-11,13H2,1-4H3/b12-9-. The second kappa shape index (κ2) is 6.77. The average molecular weight is 249 g/mol. The van der Waals surface area contributed by atoms with E-state index in [1.54, 1.807) is 0 Å². The van der Waals surface area contributed by atoms with E-state index in [4.69, 9.17) is 0 Å². The molecule has 18 heavy (non-hydrogen) atoms. The average Bonchev–Trinajstić information content (AvgIpc) is 2.34. The number of likely N-dealkylation sites (N-methyl/N-ethyl adjacent to an activating group) is 1. The summed E-state index contributed by atoms with van der Waals surface area (Å²) in [5.74, 6) is 0.900. The Morgan fingerprint density at radius 1 is 1.39 bits per heavy atom. The highest BCUT2D eigenvalue weighted by molar-refractivity contribution is 5.81. The molecule has 1 aliphatic carbocycles. The van der Waals surface area contributed by atoms with Crippen LogP contribution in [0.1, 0.15) is 47.0 Å². The molecule has 1 unspecified atom stereocenters. The van der Waals surface area contributed by atoms with Crippen LogP contribution in [0.5, 0.6) is 0 Å². The molecule has 0 heterocycles. The SMILES string of the molecule is CCN(C/C=C\C1CC=CCC1)C(=O)C(C)(C)C. The number of allylic oxidation sites excluding steroid dienone is 3. The predicted molar refractivity (Wildman–Crippen MR) is 77.3 cm³/mol. The lowest BCUT2D eigenvalue weighted by molar-refractivity contribution is -0.138. The molecule has 0 aromatic heterocycles. The van der Waals surface area contributed by atoms with E-state index in [0.29, 0.717) is 5.92 Å². The molecule has 1 aliphatic rings. The second-order valence-electron chi connectivity index (χ2n) is 6.07. The van der Waals surface area contributed by atoms with E-state index in [-0.39, 0.29) is 11.3 Å². The zero-order valence-electron chi connectivity index (χ0n) is 12.3. The largest absolute Gasteiger partial charge is 0.339 e. The molecule has 0 spiro atoms. The third-order valence-electron chi connectivity index (χ3n) is 3.35. The summed E-state index contributed by atoms with van der Waals surface area (Å²) in [5, 5.41) is 0. The first-order valence-electron chi connectivity index (χ1n) is 7.06. The molecule has 0 N–H and O–H groups in total. The Kier molecular flexibility index (Phi) is 5.64. The van der Waals surface area contributed by atoms with E-state index in [1.165, 1.54) is 12.8 Å². The van der Waals surface area contributed by atoms with E-state index >= 15 is 0 Å². The van der Waals surface area contributed by atoms with Crippen LogP contribution in [0.15, 0.2) is 24.3 Å². The van der Waals surface area contributed by atoms with Gasteiger partial charge in [0.2, 0.25) is 5.91 Å². The zero-order valence-corrected chi connectivity index (χ0v) is 12.3. The summed E-state index contributed by atoms with van der Waals surface area (Å²) in [5.41, 5.74) is -0.280. The summed E-state index contributed by atoms with van der Waals surface area (Å²) >= 11 is 0. The van der Waals surface area contributed by atoms with Gasteiger partial charge in [-0.1, -0.05) is 45.1 Å². The molecular formula is C16H27NO. The lowest BCUT2D eigenvalue weighted by atomic mass is 9.93. The number of amides is 1. The van der Waals surface area contributed by atoms with E-state index in [9.17, 15) is 4.79 Å². The number of carbonyl (C=O) groups is 1. The van der Waals surface area contributed by atoms with Gasteiger partial charge in [0.15, 0.2) is 0 Å². The highest BCUT2D eigenvalue weighted by atomic mass is 16.2. The highest BCUT2D eigenvalue weighted by Crippen LogP contribution is 2.20. The number of hydrogen-bond acceptors (Lipinski definition) is 1. The fourth-order valence-electron chi connectivity index (χ4n) is 2.20. The van der Waals surface area contributed by atoms with Gasteiger partial charge >= 0.3 is 0 Å². The first-order valence-corrected chi connectivity index (χ1v) is 7.06. The number of nitrogens with zero attached hydrogens (tertiary/aromatic N) is 1. The van der Waals surface area contributed by atoms with Gasteiger partial charge in [-0.15, -0.1) is 0 Å². The van der Waals surface area contributed by atoms with Crippen molar-refractivity contribution in [2.45, 2.75) is 47.0 Å². The minimum Gasteiger partial charge on any atom is -0.339 e. The quantitative estimate of drug-likeness (QED) is 0.694. The van der Waals surface area contributed by atoms with Crippen molar-refractivity contribution in [3.8, 4) is 0 Å². The van der Waals surface area contributed by atoms with Gasteiger partial charge in [-0.2, -0.15) is 0 Å². The van der Waals surface area contributed by atoms with Crippen LogP contribution in [-0.2, 0) is 4.79 Å². The second-order valence-corrected chi connectivity index (χ2v) is 6.07. The van der Waals surface area contributed by atoms with Gasteiger partial charge in [0.05, 0.1) is 0 Å². The number of rotatable bonds is 4. The Bertz CT molecular complexity index is 322. The topological polar surface area (TPSA) is 20.3 Å². The molecule has 1 amide bonds. The first-order chi connectivity index (χ1) is 8.45. The van der Waals surface area contributed by atoms with Gasteiger partial charge in [-0.25, -0.2) is 0 Å². The summed E-state index contributed by atoms with van der Waals surface area (Å²) in [6, 6.07) is 0. The van der Waals surface area contributed by atoms with Gasteiger partial charge in [0, 0.05) is 18.5 Å². The van der Waals surface area contributed by atoms with Crippen LogP contribution in [-0.4, -0.2) is 23.9 Å². The summed E-state index contributed by atoms with van der Waals surface area (Å²) in [6.07, 6.45) is 12.5. The molecule has 0 bridgehead atoms. The maximum atomic E-state index is 12.2.